The number of carbonyl (C=O) groups excluding carboxylic acids is 1. The fourth-order valence-electron chi connectivity index (χ4n) is 3.22. The van der Waals surface area contributed by atoms with E-state index in [0.29, 0.717) is 17.3 Å². The average molecular weight is 406 g/mol. The SMILES string of the molecule is Cc1cc(=O)n(CC(=O)Nc2cnc(N3CCN(c4ccccn4)CC3)nc2)cn1. The molecule has 1 saturated heterocycles. The van der Waals surface area contributed by atoms with E-state index < -0.39 is 0 Å². The van der Waals surface area contributed by atoms with Gasteiger partial charge in [0.25, 0.3) is 5.56 Å². The number of nitrogens with one attached hydrogen (secondary N) is 1. The van der Waals surface area contributed by atoms with Gasteiger partial charge in [-0.25, -0.2) is 19.9 Å². The lowest BCUT2D eigenvalue weighted by molar-refractivity contribution is -0.116. The van der Waals surface area contributed by atoms with Crippen molar-refractivity contribution >= 4 is 23.4 Å². The van der Waals surface area contributed by atoms with E-state index in [2.05, 4.69) is 35.1 Å². The minimum atomic E-state index is -0.344. The molecule has 0 radical (unpaired) electrons. The van der Waals surface area contributed by atoms with E-state index >= 15 is 0 Å². The first-order valence-corrected chi connectivity index (χ1v) is 9.64. The summed E-state index contributed by atoms with van der Waals surface area (Å²) in [5.41, 5.74) is 0.819. The molecule has 10 nitrogen and oxygen atoms in total. The molecule has 0 spiro atoms. The molecule has 3 aromatic rings. The van der Waals surface area contributed by atoms with Gasteiger partial charge in [0.15, 0.2) is 0 Å². The normalized spacial score (nSPS) is 13.9. The van der Waals surface area contributed by atoms with Crippen molar-refractivity contribution in [2.24, 2.45) is 0 Å². The van der Waals surface area contributed by atoms with Gasteiger partial charge in [0.2, 0.25) is 11.9 Å². The molecule has 1 aliphatic heterocycles. The minimum absolute atomic E-state index is 0.122. The Morgan fingerprint density at radius 2 is 1.77 bits per heavy atom. The van der Waals surface area contributed by atoms with Gasteiger partial charge in [-0.3, -0.25) is 14.2 Å². The van der Waals surface area contributed by atoms with Crippen LogP contribution in [-0.4, -0.2) is 56.6 Å². The summed E-state index contributed by atoms with van der Waals surface area (Å²) in [7, 11) is 0. The van der Waals surface area contributed by atoms with Crippen LogP contribution < -0.4 is 20.7 Å². The minimum Gasteiger partial charge on any atom is -0.353 e. The van der Waals surface area contributed by atoms with Crippen LogP contribution >= 0.6 is 0 Å². The van der Waals surface area contributed by atoms with Crippen LogP contribution in [0.5, 0.6) is 0 Å². The van der Waals surface area contributed by atoms with Crippen LogP contribution in [0, 0.1) is 6.92 Å². The molecule has 1 aliphatic rings. The summed E-state index contributed by atoms with van der Waals surface area (Å²) in [6, 6.07) is 7.28. The highest BCUT2D eigenvalue weighted by Crippen LogP contribution is 2.16. The van der Waals surface area contributed by atoms with Crippen molar-refractivity contribution in [2.45, 2.75) is 13.5 Å². The summed E-state index contributed by atoms with van der Waals surface area (Å²) < 4.78 is 1.25. The number of aromatic nitrogens is 5. The zero-order valence-corrected chi connectivity index (χ0v) is 16.6. The fraction of sp³-hybridized carbons (Fsp3) is 0.300. The van der Waals surface area contributed by atoms with Crippen molar-refractivity contribution in [2.75, 3.05) is 41.3 Å². The highest BCUT2D eigenvalue weighted by Gasteiger charge is 2.19. The largest absolute Gasteiger partial charge is 0.353 e. The molecule has 1 N–H and O–H groups in total. The number of piperazine rings is 1. The number of amides is 1. The van der Waals surface area contributed by atoms with Gasteiger partial charge in [0, 0.05) is 44.1 Å². The number of anilines is 3. The first-order valence-electron chi connectivity index (χ1n) is 9.64. The number of carbonyl (C=O) groups is 1. The first-order chi connectivity index (χ1) is 14.6. The van der Waals surface area contributed by atoms with Gasteiger partial charge in [-0.1, -0.05) is 6.07 Å². The lowest BCUT2D eigenvalue weighted by atomic mass is 10.3. The quantitative estimate of drug-likeness (QED) is 0.660. The summed E-state index contributed by atoms with van der Waals surface area (Å²) >= 11 is 0. The third-order valence-corrected chi connectivity index (χ3v) is 4.79. The zero-order valence-electron chi connectivity index (χ0n) is 16.6. The molecular formula is C20H22N8O2. The number of rotatable bonds is 5. The summed E-state index contributed by atoms with van der Waals surface area (Å²) in [6.45, 7) is 4.83. The molecule has 154 valence electrons. The lowest BCUT2D eigenvalue weighted by Crippen LogP contribution is -2.47. The van der Waals surface area contributed by atoms with Gasteiger partial charge < -0.3 is 15.1 Å². The number of pyridine rings is 1. The summed E-state index contributed by atoms with van der Waals surface area (Å²) in [5, 5.41) is 2.70. The molecule has 0 aliphatic carbocycles. The van der Waals surface area contributed by atoms with Gasteiger partial charge in [-0.2, -0.15) is 0 Å². The summed E-state index contributed by atoms with van der Waals surface area (Å²) in [6.07, 6.45) is 6.30. The molecular weight excluding hydrogens is 384 g/mol. The van der Waals surface area contributed by atoms with E-state index in [4.69, 9.17) is 0 Å². The zero-order chi connectivity index (χ0) is 20.9. The van der Waals surface area contributed by atoms with Crippen LogP contribution in [0.4, 0.5) is 17.5 Å². The molecule has 0 unspecified atom stereocenters. The van der Waals surface area contributed by atoms with Gasteiger partial charge in [0.05, 0.1) is 24.4 Å². The van der Waals surface area contributed by atoms with Crippen molar-refractivity contribution < 1.29 is 4.79 Å². The van der Waals surface area contributed by atoms with Gasteiger partial charge >= 0.3 is 0 Å². The molecule has 0 bridgehead atoms. The van der Waals surface area contributed by atoms with E-state index in [1.54, 1.807) is 25.5 Å². The Kier molecular flexibility index (Phi) is 5.64. The van der Waals surface area contributed by atoms with E-state index in [0.717, 1.165) is 32.0 Å². The van der Waals surface area contributed by atoms with Crippen LogP contribution in [0.25, 0.3) is 0 Å². The Bertz CT molecular complexity index is 1060. The fourth-order valence-corrected chi connectivity index (χ4v) is 3.22. The molecule has 3 aromatic heterocycles. The van der Waals surface area contributed by atoms with E-state index in [9.17, 15) is 9.59 Å². The van der Waals surface area contributed by atoms with Gasteiger partial charge in [0.1, 0.15) is 12.4 Å². The topological polar surface area (TPSA) is 109 Å². The van der Waals surface area contributed by atoms with E-state index in [1.807, 2.05) is 18.2 Å². The first kappa shape index (κ1) is 19.5. The Hall–Kier alpha value is -3.82. The predicted molar refractivity (Wildman–Crippen MR) is 113 cm³/mol. The molecule has 4 rings (SSSR count). The van der Waals surface area contributed by atoms with Crippen molar-refractivity contribution in [3.05, 3.63) is 65.2 Å². The number of hydrogen-bond donors (Lipinski definition) is 1. The average Bonchev–Trinajstić information content (AvgIpc) is 2.77. The molecule has 1 amide bonds. The van der Waals surface area contributed by atoms with Gasteiger partial charge in [-0.05, 0) is 19.1 Å². The Morgan fingerprint density at radius 1 is 1.03 bits per heavy atom. The van der Waals surface area contributed by atoms with Crippen LogP contribution in [0.3, 0.4) is 0 Å². The molecule has 0 aromatic carbocycles. The lowest BCUT2D eigenvalue weighted by Gasteiger charge is -2.35. The molecule has 0 atom stereocenters. The van der Waals surface area contributed by atoms with Crippen LogP contribution in [0.15, 0.2) is 54.0 Å². The number of aryl methyl sites for hydroxylation is 1. The van der Waals surface area contributed by atoms with Crippen molar-refractivity contribution in [1.29, 1.82) is 0 Å². The Balaban J connectivity index is 1.32. The van der Waals surface area contributed by atoms with Crippen LogP contribution in [-0.2, 0) is 11.3 Å². The predicted octanol–water partition coefficient (Wildman–Crippen LogP) is 0.702. The molecule has 10 heteroatoms. The molecule has 0 saturated carbocycles. The van der Waals surface area contributed by atoms with Crippen molar-refractivity contribution in [3.63, 3.8) is 0 Å². The maximum absolute atomic E-state index is 12.2. The standard InChI is InChI=1S/C20H22N8O2/c1-15-10-19(30)28(14-24-15)13-18(29)25-16-11-22-20(23-12-16)27-8-6-26(7-9-27)17-4-2-3-5-21-17/h2-5,10-12,14H,6-9,13H2,1H3,(H,25,29). The van der Waals surface area contributed by atoms with E-state index in [1.165, 1.54) is 17.0 Å². The second kappa shape index (κ2) is 8.68. The maximum Gasteiger partial charge on any atom is 0.253 e. The number of hydrogen-bond acceptors (Lipinski definition) is 8. The van der Waals surface area contributed by atoms with Crippen molar-refractivity contribution in [3.8, 4) is 0 Å². The third-order valence-electron chi connectivity index (χ3n) is 4.79. The molecule has 1 fully saturated rings. The summed E-state index contributed by atoms with van der Waals surface area (Å²) in [5.74, 6) is 1.25. The highest BCUT2D eigenvalue weighted by molar-refractivity contribution is 5.90. The van der Waals surface area contributed by atoms with Crippen LogP contribution in [0.1, 0.15) is 5.69 Å². The second-order valence-electron chi connectivity index (χ2n) is 6.98. The Labute approximate surface area is 173 Å². The third kappa shape index (κ3) is 4.59. The van der Waals surface area contributed by atoms with E-state index in [-0.39, 0.29) is 18.0 Å². The second-order valence-corrected chi connectivity index (χ2v) is 6.98. The van der Waals surface area contributed by atoms with Gasteiger partial charge in [-0.15, -0.1) is 0 Å². The Morgan fingerprint density at radius 3 is 2.43 bits per heavy atom. The van der Waals surface area contributed by atoms with Crippen molar-refractivity contribution in [1.82, 2.24) is 24.5 Å². The molecule has 30 heavy (non-hydrogen) atoms. The maximum atomic E-state index is 12.2. The monoisotopic (exact) mass is 406 g/mol. The molecule has 4 heterocycles. The highest BCUT2D eigenvalue weighted by atomic mass is 16.2. The smallest absolute Gasteiger partial charge is 0.253 e. The summed E-state index contributed by atoms with van der Waals surface area (Å²) in [4.78, 5) is 45.6. The number of nitrogens with zero attached hydrogens (tertiary/aromatic N) is 7. The van der Waals surface area contributed by atoms with Crippen LogP contribution in [0.2, 0.25) is 0 Å².